The average Bonchev–Trinajstić information content (AvgIpc) is 2.42. The molecule has 0 spiro atoms. The predicted octanol–water partition coefficient (Wildman–Crippen LogP) is 4.47. The molecule has 0 saturated heterocycles. The van der Waals surface area contributed by atoms with E-state index in [2.05, 4.69) is 25.2 Å². The molecule has 1 aliphatic carbocycles. The van der Waals surface area contributed by atoms with Crippen molar-refractivity contribution >= 4 is 5.69 Å². The molecule has 20 heavy (non-hydrogen) atoms. The fourth-order valence-electron chi connectivity index (χ4n) is 2.81. The van der Waals surface area contributed by atoms with E-state index in [1.807, 2.05) is 19.1 Å². The fraction of sp³-hybridized carbons (Fsp3) is 0.647. The van der Waals surface area contributed by atoms with Crippen molar-refractivity contribution in [2.24, 2.45) is 5.41 Å². The van der Waals surface area contributed by atoms with Crippen LogP contribution in [0.5, 0.6) is 11.5 Å². The molecule has 0 bridgehead atoms. The maximum atomic E-state index is 5.63. The normalized spacial score (nSPS) is 18.6. The molecule has 0 aromatic heterocycles. The first-order valence-corrected chi connectivity index (χ1v) is 7.61. The lowest BCUT2D eigenvalue weighted by molar-refractivity contribution is 0.232. The van der Waals surface area contributed by atoms with Gasteiger partial charge in [-0.15, -0.1) is 0 Å². The van der Waals surface area contributed by atoms with Crippen molar-refractivity contribution in [2.75, 3.05) is 19.0 Å². The lowest BCUT2D eigenvalue weighted by Crippen LogP contribution is -2.29. The summed E-state index contributed by atoms with van der Waals surface area (Å²) in [6.07, 6.45) is 5.06. The van der Waals surface area contributed by atoms with Crippen molar-refractivity contribution in [3.05, 3.63) is 18.2 Å². The molecule has 1 saturated carbocycles. The molecule has 1 aromatic rings. The van der Waals surface area contributed by atoms with Crippen LogP contribution in [0.4, 0.5) is 5.69 Å². The van der Waals surface area contributed by atoms with E-state index < -0.39 is 0 Å². The number of rotatable bonds is 5. The van der Waals surface area contributed by atoms with Crippen LogP contribution in [0.1, 0.15) is 46.5 Å². The van der Waals surface area contributed by atoms with Crippen LogP contribution in [-0.4, -0.2) is 19.8 Å². The Morgan fingerprint density at radius 2 is 1.90 bits per heavy atom. The van der Waals surface area contributed by atoms with Gasteiger partial charge in [0.2, 0.25) is 0 Å². The van der Waals surface area contributed by atoms with Crippen LogP contribution in [0.2, 0.25) is 0 Å². The summed E-state index contributed by atoms with van der Waals surface area (Å²) in [5, 5.41) is 3.63. The Morgan fingerprint density at radius 1 is 1.20 bits per heavy atom. The Labute approximate surface area is 122 Å². The van der Waals surface area contributed by atoms with Gasteiger partial charge in [0.25, 0.3) is 0 Å². The van der Waals surface area contributed by atoms with Crippen molar-refractivity contribution in [2.45, 2.75) is 52.5 Å². The number of nitrogens with one attached hydrogen (secondary N) is 1. The SMILES string of the molecule is CCOc1cc(NC2CCC(C)(C)CC2)ccc1OC. The number of hydrogen-bond donors (Lipinski definition) is 1. The van der Waals surface area contributed by atoms with Gasteiger partial charge in [-0.05, 0) is 50.2 Å². The molecule has 1 N–H and O–H groups in total. The van der Waals surface area contributed by atoms with Crippen LogP contribution in [0.25, 0.3) is 0 Å². The number of anilines is 1. The zero-order chi connectivity index (χ0) is 14.6. The first kappa shape index (κ1) is 15.0. The van der Waals surface area contributed by atoms with Gasteiger partial charge in [0.1, 0.15) is 0 Å². The topological polar surface area (TPSA) is 30.5 Å². The summed E-state index contributed by atoms with van der Waals surface area (Å²) in [7, 11) is 1.67. The first-order valence-electron chi connectivity index (χ1n) is 7.61. The van der Waals surface area contributed by atoms with Crippen molar-refractivity contribution in [1.29, 1.82) is 0 Å². The molecule has 1 aromatic carbocycles. The summed E-state index contributed by atoms with van der Waals surface area (Å²) >= 11 is 0. The largest absolute Gasteiger partial charge is 0.493 e. The molecule has 0 atom stereocenters. The molecular weight excluding hydrogens is 250 g/mol. The minimum absolute atomic E-state index is 0.509. The van der Waals surface area contributed by atoms with Crippen molar-refractivity contribution in [3.8, 4) is 11.5 Å². The Morgan fingerprint density at radius 3 is 2.50 bits per heavy atom. The first-order chi connectivity index (χ1) is 9.54. The molecule has 1 fully saturated rings. The Kier molecular flexibility index (Phi) is 4.79. The highest BCUT2D eigenvalue weighted by molar-refractivity contribution is 5.55. The zero-order valence-electron chi connectivity index (χ0n) is 13.2. The quantitative estimate of drug-likeness (QED) is 0.861. The smallest absolute Gasteiger partial charge is 0.163 e. The van der Waals surface area contributed by atoms with Gasteiger partial charge in [-0.1, -0.05) is 13.8 Å². The number of methoxy groups -OCH3 is 1. The van der Waals surface area contributed by atoms with E-state index in [1.54, 1.807) is 7.11 Å². The predicted molar refractivity (Wildman–Crippen MR) is 83.8 cm³/mol. The Balaban J connectivity index is 2.01. The third-order valence-electron chi connectivity index (χ3n) is 4.17. The Hall–Kier alpha value is -1.38. The lowest BCUT2D eigenvalue weighted by Gasteiger charge is -2.35. The van der Waals surface area contributed by atoms with Gasteiger partial charge < -0.3 is 14.8 Å². The van der Waals surface area contributed by atoms with Crippen LogP contribution >= 0.6 is 0 Å². The van der Waals surface area contributed by atoms with Crippen LogP contribution in [0.15, 0.2) is 18.2 Å². The average molecular weight is 277 g/mol. The molecule has 0 amide bonds. The standard InChI is InChI=1S/C17H27NO2/c1-5-20-16-12-14(6-7-15(16)19-4)18-13-8-10-17(2,3)11-9-13/h6-7,12-13,18H,5,8-11H2,1-4H3. The van der Waals surface area contributed by atoms with E-state index in [9.17, 15) is 0 Å². The van der Waals surface area contributed by atoms with Crippen LogP contribution < -0.4 is 14.8 Å². The van der Waals surface area contributed by atoms with Gasteiger partial charge in [-0.25, -0.2) is 0 Å². The third-order valence-corrected chi connectivity index (χ3v) is 4.17. The maximum absolute atomic E-state index is 5.63. The van der Waals surface area contributed by atoms with Gasteiger partial charge in [0.05, 0.1) is 13.7 Å². The maximum Gasteiger partial charge on any atom is 0.163 e. The second-order valence-electron chi connectivity index (χ2n) is 6.38. The zero-order valence-corrected chi connectivity index (χ0v) is 13.2. The van der Waals surface area contributed by atoms with E-state index in [-0.39, 0.29) is 0 Å². The molecular formula is C17H27NO2. The van der Waals surface area contributed by atoms with E-state index in [4.69, 9.17) is 9.47 Å². The lowest BCUT2D eigenvalue weighted by atomic mass is 9.75. The highest BCUT2D eigenvalue weighted by Gasteiger charge is 2.26. The minimum Gasteiger partial charge on any atom is -0.493 e. The molecule has 3 nitrogen and oxygen atoms in total. The van der Waals surface area contributed by atoms with E-state index >= 15 is 0 Å². The molecule has 0 heterocycles. The van der Waals surface area contributed by atoms with Crippen molar-refractivity contribution in [1.82, 2.24) is 0 Å². The molecule has 2 rings (SSSR count). The summed E-state index contributed by atoms with van der Waals surface area (Å²) in [6, 6.07) is 6.66. The fourth-order valence-corrected chi connectivity index (χ4v) is 2.81. The summed E-state index contributed by atoms with van der Waals surface area (Å²) in [5.41, 5.74) is 1.63. The van der Waals surface area contributed by atoms with E-state index in [0.717, 1.165) is 17.2 Å². The van der Waals surface area contributed by atoms with Crippen molar-refractivity contribution in [3.63, 3.8) is 0 Å². The van der Waals surface area contributed by atoms with Crippen LogP contribution in [0.3, 0.4) is 0 Å². The van der Waals surface area contributed by atoms with Crippen molar-refractivity contribution < 1.29 is 9.47 Å². The third kappa shape index (κ3) is 3.81. The van der Waals surface area contributed by atoms with E-state index in [0.29, 0.717) is 18.1 Å². The van der Waals surface area contributed by atoms with Gasteiger partial charge in [-0.3, -0.25) is 0 Å². The van der Waals surface area contributed by atoms with Crippen LogP contribution in [-0.2, 0) is 0 Å². The second kappa shape index (κ2) is 6.38. The molecule has 0 radical (unpaired) electrons. The van der Waals surface area contributed by atoms with Gasteiger partial charge >= 0.3 is 0 Å². The molecule has 0 aliphatic heterocycles. The second-order valence-corrected chi connectivity index (χ2v) is 6.38. The van der Waals surface area contributed by atoms with Gasteiger partial charge in [0.15, 0.2) is 11.5 Å². The minimum atomic E-state index is 0.509. The molecule has 0 unspecified atom stereocenters. The number of benzene rings is 1. The van der Waals surface area contributed by atoms with E-state index in [1.165, 1.54) is 25.7 Å². The monoisotopic (exact) mass is 277 g/mol. The number of hydrogen-bond acceptors (Lipinski definition) is 3. The summed E-state index contributed by atoms with van der Waals surface area (Å²) in [5.74, 6) is 1.61. The summed E-state index contributed by atoms with van der Waals surface area (Å²) in [4.78, 5) is 0. The van der Waals surface area contributed by atoms with Gasteiger partial charge in [-0.2, -0.15) is 0 Å². The highest BCUT2D eigenvalue weighted by Crippen LogP contribution is 2.37. The van der Waals surface area contributed by atoms with Crippen LogP contribution in [0, 0.1) is 5.41 Å². The molecule has 112 valence electrons. The number of ether oxygens (including phenoxy) is 2. The molecule has 1 aliphatic rings. The van der Waals surface area contributed by atoms with Gasteiger partial charge in [0, 0.05) is 17.8 Å². The molecule has 3 heteroatoms. The summed E-state index contributed by atoms with van der Waals surface area (Å²) < 4.78 is 10.9. The highest BCUT2D eigenvalue weighted by atomic mass is 16.5. The Bertz CT molecular complexity index is 433. The summed E-state index contributed by atoms with van der Waals surface area (Å²) in [6.45, 7) is 7.37.